The van der Waals surface area contributed by atoms with Crippen LogP contribution >= 0.6 is 0 Å². The van der Waals surface area contributed by atoms with Gasteiger partial charge >= 0.3 is 0 Å². The topological polar surface area (TPSA) is 84.8 Å². The van der Waals surface area contributed by atoms with Gasteiger partial charge in [0.25, 0.3) is 0 Å². The molecule has 0 saturated heterocycles. The van der Waals surface area contributed by atoms with Crippen LogP contribution in [0.2, 0.25) is 0 Å². The second-order valence-electron chi connectivity index (χ2n) is 5.39. The van der Waals surface area contributed by atoms with Gasteiger partial charge in [0.2, 0.25) is 0 Å². The zero-order valence-electron chi connectivity index (χ0n) is 15.4. The second-order valence-corrected chi connectivity index (χ2v) is 5.39. The summed E-state index contributed by atoms with van der Waals surface area (Å²) in [4.78, 5) is 0. The Morgan fingerprint density at radius 3 is 2.08 bits per heavy atom. The molecule has 0 radical (unpaired) electrons. The fraction of sp³-hybridized carbons (Fsp3) is 1.00. The highest BCUT2D eigenvalue weighted by Crippen LogP contribution is 1.99. The van der Waals surface area contributed by atoms with E-state index in [0.717, 1.165) is 6.42 Å². The average Bonchev–Trinajstić information content (AvgIpc) is 2.58. The van der Waals surface area contributed by atoms with E-state index in [2.05, 4.69) is 0 Å². The Hall–Kier alpha value is -0.320. The van der Waals surface area contributed by atoms with E-state index in [1.807, 2.05) is 6.92 Å². The van der Waals surface area contributed by atoms with Crippen LogP contribution in [0.5, 0.6) is 0 Å². The SMILES string of the molecule is COCCCOCC(O)COCC(COCC(C)OC)OCOC. The average molecular weight is 354 g/mol. The predicted molar refractivity (Wildman–Crippen MR) is 88.2 cm³/mol. The lowest BCUT2D eigenvalue weighted by molar-refractivity contribution is -0.131. The van der Waals surface area contributed by atoms with E-state index in [-0.39, 0.29) is 32.2 Å². The first-order chi connectivity index (χ1) is 11.6. The minimum Gasteiger partial charge on any atom is -0.388 e. The smallest absolute Gasteiger partial charge is 0.146 e. The number of ether oxygens (including phenoxy) is 7. The first kappa shape index (κ1) is 23.7. The summed E-state index contributed by atoms with van der Waals surface area (Å²) in [6.07, 6.45) is -0.131. The van der Waals surface area contributed by atoms with Crippen molar-refractivity contribution in [2.45, 2.75) is 31.7 Å². The predicted octanol–water partition coefficient (Wildman–Crippen LogP) is 0.458. The normalized spacial score (nSPS) is 15.4. The lowest BCUT2D eigenvalue weighted by atomic mass is 10.3. The Bertz CT molecular complexity index is 254. The van der Waals surface area contributed by atoms with Gasteiger partial charge in [0, 0.05) is 34.5 Å². The van der Waals surface area contributed by atoms with Crippen LogP contribution in [-0.4, -0.2) is 97.8 Å². The third-order valence-corrected chi connectivity index (χ3v) is 3.04. The summed E-state index contributed by atoms with van der Waals surface area (Å²) < 4.78 is 36.7. The van der Waals surface area contributed by atoms with Crippen LogP contribution in [0.3, 0.4) is 0 Å². The van der Waals surface area contributed by atoms with Crippen molar-refractivity contribution < 1.29 is 38.3 Å². The largest absolute Gasteiger partial charge is 0.388 e. The van der Waals surface area contributed by atoms with Gasteiger partial charge in [-0.15, -0.1) is 0 Å². The van der Waals surface area contributed by atoms with Crippen LogP contribution < -0.4 is 0 Å². The van der Waals surface area contributed by atoms with Crippen LogP contribution in [0, 0.1) is 0 Å². The van der Waals surface area contributed by atoms with Crippen molar-refractivity contribution in [1.82, 2.24) is 0 Å². The molecule has 3 atom stereocenters. The quantitative estimate of drug-likeness (QED) is 0.281. The van der Waals surface area contributed by atoms with Crippen molar-refractivity contribution in [1.29, 1.82) is 0 Å². The van der Waals surface area contributed by atoms with Gasteiger partial charge in [-0.1, -0.05) is 0 Å². The lowest BCUT2D eigenvalue weighted by Gasteiger charge is -2.20. The lowest BCUT2D eigenvalue weighted by Crippen LogP contribution is -2.31. The van der Waals surface area contributed by atoms with E-state index in [4.69, 9.17) is 33.2 Å². The van der Waals surface area contributed by atoms with Crippen molar-refractivity contribution >= 4 is 0 Å². The van der Waals surface area contributed by atoms with Crippen LogP contribution in [-0.2, 0) is 33.2 Å². The number of aliphatic hydroxyl groups excluding tert-OH is 1. The minimum absolute atomic E-state index is 0.0195. The summed E-state index contributed by atoms with van der Waals surface area (Å²) >= 11 is 0. The van der Waals surface area contributed by atoms with Crippen LogP contribution in [0.25, 0.3) is 0 Å². The second kappa shape index (κ2) is 17.5. The maximum atomic E-state index is 9.78. The Morgan fingerprint density at radius 2 is 1.46 bits per heavy atom. The minimum atomic E-state index is -0.676. The maximum absolute atomic E-state index is 9.78. The van der Waals surface area contributed by atoms with Gasteiger partial charge in [-0.25, -0.2) is 0 Å². The number of methoxy groups -OCH3 is 3. The van der Waals surface area contributed by atoms with Crippen LogP contribution in [0.1, 0.15) is 13.3 Å². The molecule has 0 bridgehead atoms. The van der Waals surface area contributed by atoms with Crippen molar-refractivity contribution in [3.63, 3.8) is 0 Å². The molecule has 0 fully saturated rings. The molecule has 3 unspecified atom stereocenters. The summed E-state index contributed by atoms with van der Waals surface area (Å²) in [7, 11) is 4.83. The molecular weight excluding hydrogens is 320 g/mol. The van der Waals surface area contributed by atoms with Crippen molar-refractivity contribution in [2.24, 2.45) is 0 Å². The van der Waals surface area contributed by atoms with E-state index in [1.54, 1.807) is 21.3 Å². The van der Waals surface area contributed by atoms with Gasteiger partial charge in [0.1, 0.15) is 19.0 Å². The highest BCUT2D eigenvalue weighted by atomic mass is 16.7. The number of hydrogen-bond acceptors (Lipinski definition) is 8. The molecular formula is C16H34O8. The van der Waals surface area contributed by atoms with Gasteiger partial charge in [0.15, 0.2) is 0 Å². The first-order valence-electron chi connectivity index (χ1n) is 8.17. The van der Waals surface area contributed by atoms with Gasteiger partial charge in [0.05, 0.1) is 39.1 Å². The molecule has 0 aliphatic rings. The maximum Gasteiger partial charge on any atom is 0.146 e. The monoisotopic (exact) mass is 354 g/mol. The summed E-state index contributed by atoms with van der Waals surface area (Å²) in [6, 6.07) is 0. The van der Waals surface area contributed by atoms with E-state index in [1.165, 1.54) is 0 Å². The van der Waals surface area contributed by atoms with E-state index < -0.39 is 6.10 Å². The van der Waals surface area contributed by atoms with E-state index in [9.17, 15) is 5.11 Å². The third kappa shape index (κ3) is 15.2. The Kier molecular flexibility index (Phi) is 17.3. The van der Waals surface area contributed by atoms with Gasteiger partial charge in [-0.3, -0.25) is 0 Å². The summed E-state index contributed by atoms with van der Waals surface area (Å²) in [5.41, 5.74) is 0. The van der Waals surface area contributed by atoms with Crippen LogP contribution in [0.4, 0.5) is 0 Å². The van der Waals surface area contributed by atoms with Crippen molar-refractivity contribution in [3.8, 4) is 0 Å². The first-order valence-corrected chi connectivity index (χ1v) is 8.17. The molecule has 0 aliphatic carbocycles. The molecule has 0 aromatic heterocycles. The number of rotatable bonds is 18. The molecule has 0 amide bonds. The molecule has 24 heavy (non-hydrogen) atoms. The van der Waals surface area contributed by atoms with Crippen molar-refractivity contribution in [2.75, 3.05) is 74.4 Å². The zero-order chi connectivity index (χ0) is 18.0. The standard InChI is InChI=1S/C16H34O8/c1-14(20-4)8-22-11-16(24-13-19-3)12-23-10-15(17)9-21-7-5-6-18-2/h14-17H,5-13H2,1-4H3. The third-order valence-electron chi connectivity index (χ3n) is 3.04. The molecule has 1 N–H and O–H groups in total. The summed E-state index contributed by atoms with van der Waals surface area (Å²) in [5.74, 6) is 0. The molecule has 0 spiro atoms. The molecule has 0 saturated carbocycles. The van der Waals surface area contributed by atoms with E-state index in [0.29, 0.717) is 33.0 Å². The molecule has 8 nitrogen and oxygen atoms in total. The molecule has 146 valence electrons. The molecule has 8 heteroatoms. The van der Waals surface area contributed by atoms with Crippen molar-refractivity contribution in [3.05, 3.63) is 0 Å². The molecule has 0 aromatic rings. The fourth-order valence-corrected chi connectivity index (χ4v) is 1.65. The van der Waals surface area contributed by atoms with Gasteiger partial charge < -0.3 is 38.3 Å². The van der Waals surface area contributed by atoms with Gasteiger partial charge in [-0.2, -0.15) is 0 Å². The Morgan fingerprint density at radius 1 is 0.792 bits per heavy atom. The molecule has 0 aromatic carbocycles. The highest BCUT2D eigenvalue weighted by Gasteiger charge is 2.13. The zero-order valence-corrected chi connectivity index (χ0v) is 15.4. The molecule has 0 heterocycles. The Balaban J connectivity index is 3.78. The fourth-order valence-electron chi connectivity index (χ4n) is 1.65. The molecule has 0 rings (SSSR count). The van der Waals surface area contributed by atoms with Gasteiger partial charge in [-0.05, 0) is 13.3 Å². The summed E-state index contributed by atoms with van der Waals surface area (Å²) in [5, 5.41) is 9.78. The highest BCUT2D eigenvalue weighted by molar-refractivity contribution is 4.58. The van der Waals surface area contributed by atoms with Crippen LogP contribution in [0.15, 0.2) is 0 Å². The molecule has 0 aliphatic heterocycles. The van der Waals surface area contributed by atoms with E-state index >= 15 is 0 Å². The number of hydrogen-bond donors (Lipinski definition) is 1. The number of aliphatic hydroxyl groups is 1. The Labute approximate surface area is 145 Å². The summed E-state index contributed by atoms with van der Waals surface area (Å²) in [6.45, 7) is 4.81.